The number of para-hydroxylation sites is 2. The van der Waals surface area contributed by atoms with Gasteiger partial charge in [0.05, 0.1) is 11.4 Å². The third-order valence-corrected chi connectivity index (χ3v) is 2.38. The second-order valence-corrected chi connectivity index (χ2v) is 3.97. The van der Waals surface area contributed by atoms with Crippen LogP contribution in [-0.2, 0) is 0 Å². The van der Waals surface area contributed by atoms with Crippen LogP contribution in [-0.4, -0.2) is 17.8 Å². The van der Waals surface area contributed by atoms with E-state index in [1.807, 2.05) is 0 Å². The lowest BCUT2D eigenvalue weighted by molar-refractivity contribution is -0.0327. The van der Waals surface area contributed by atoms with E-state index in [9.17, 15) is 13.2 Å². The average Bonchev–Trinajstić information content (AvgIpc) is 2.13. The molecule has 0 fully saturated rings. The van der Waals surface area contributed by atoms with E-state index in [2.05, 4.69) is 5.32 Å². The number of nitrogens with one attached hydrogen (secondary N) is 1. The third kappa shape index (κ3) is 4.83. The largest absolute Gasteiger partial charge is 0.441 e. The normalized spacial score (nSPS) is 11.4. The molecule has 0 saturated heterocycles. The van der Waals surface area contributed by atoms with E-state index < -0.39 is 5.51 Å². The molecular formula is C9H11F3N2S. The van der Waals surface area contributed by atoms with Crippen molar-refractivity contribution in [2.24, 2.45) is 0 Å². The minimum absolute atomic E-state index is 0.0299. The standard InChI is InChI=1S/C9H11F3N2S/c10-9(11,12)15-6-5-14-8-4-2-1-3-7(8)13/h1-4,14H,5-6,13H2. The highest BCUT2D eigenvalue weighted by molar-refractivity contribution is 8.00. The van der Waals surface area contributed by atoms with E-state index in [0.29, 0.717) is 11.4 Å². The predicted octanol–water partition coefficient (Wildman–Crippen LogP) is 2.93. The zero-order valence-corrected chi connectivity index (χ0v) is 8.66. The monoisotopic (exact) mass is 236 g/mol. The Balaban J connectivity index is 2.30. The van der Waals surface area contributed by atoms with E-state index in [1.165, 1.54) is 0 Å². The summed E-state index contributed by atoms with van der Waals surface area (Å²) in [4.78, 5) is 0. The van der Waals surface area contributed by atoms with Gasteiger partial charge in [-0.1, -0.05) is 12.1 Å². The van der Waals surface area contributed by atoms with Gasteiger partial charge in [0.2, 0.25) is 0 Å². The first kappa shape index (κ1) is 12.0. The van der Waals surface area contributed by atoms with Crippen molar-refractivity contribution < 1.29 is 13.2 Å². The minimum Gasteiger partial charge on any atom is -0.397 e. The maximum Gasteiger partial charge on any atom is 0.441 e. The van der Waals surface area contributed by atoms with Crippen LogP contribution >= 0.6 is 11.8 Å². The molecule has 6 heteroatoms. The van der Waals surface area contributed by atoms with E-state index in [4.69, 9.17) is 5.73 Å². The summed E-state index contributed by atoms with van der Waals surface area (Å²) in [5.74, 6) is -0.0299. The molecule has 0 radical (unpaired) electrons. The second-order valence-electron chi connectivity index (χ2n) is 2.81. The summed E-state index contributed by atoms with van der Waals surface area (Å²) in [5, 5.41) is 2.84. The van der Waals surface area contributed by atoms with E-state index in [0.717, 1.165) is 0 Å². The Labute approximate surface area is 90.0 Å². The maximum absolute atomic E-state index is 11.8. The lowest BCUT2D eigenvalue weighted by atomic mass is 10.3. The van der Waals surface area contributed by atoms with E-state index in [1.54, 1.807) is 24.3 Å². The van der Waals surface area contributed by atoms with Gasteiger partial charge >= 0.3 is 5.51 Å². The molecule has 1 aromatic rings. The van der Waals surface area contributed by atoms with Gasteiger partial charge in [-0.25, -0.2) is 0 Å². The first-order valence-corrected chi connectivity index (χ1v) is 5.26. The molecule has 0 unspecified atom stereocenters. The van der Waals surface area contributed by atoms with Gasteiger partial charge in [-0.2, -0.15) is 13.2 Å². The molecule has 0 heterocycles. The lowest BCUT2D eigenvalue weighted by Crippen LogP contribution is -2.10. The summed E-state index contributed by atoms with van der Waals surface area (Å²) < 4.78 is 35.3. The predicted molar refractivity (Wildman–Crippen MR) is 57.9 cm³/mol. The zero-order chi connectivity index (χ0) is 11.3. The molecule has 15 heavy (non-hydrogen) atoms. The fraction of sp³-hybridized carbons (Fsp3) is 0.333. The van der Waals surface area contributed by atoms with Crippen molar-refractivity contribution in [2.75, 3.05) is 23.3 Å². The number of thioether (sulfide) groups is 1. The van der Waals surface area contributed by atoms with Crippen LogP contribution in [0.25, 0.3) is 0 Å². The minimum atomic E-state index is -4.16. The number of hydrogen-bond donors (Lipinski definition) is 2. The molecule has 3 N–H and O–H groups in total. The van der Waals surface area contributed by atoms with Gasteiger partial charge < -0.3 is 11.1 Å². The van der Waals surface area contributed by atoms with Gasteiger partial charge in [0.25, 0.3) is 0 Å². The molecule has 0 bridgehead atoms. The van der Waals surface area contributed by atoms with Crippen LogP contribution in [0.15, 0.2) is 24.3 Å². The van der Waals surface area contributed by atoms with Crippen LogP contribution in [0.1, 0.15) is 0 Å². The highest BCUT2D eigenvalue weighted by atomic mass is 32.2. The number of rotatable bonds is 4. The van der Waals surface area contributed by atoms with Crippen molar-refractivity contribution in [1.82, 2.24) is 0 Å². The van der Waals surface area contributed by atoms with Gasteiger partial charge in [-0.05, 0) is 23.9 Å². The van der Waals surface area contributed by atoms with Crippen LogP contribution in [0.4, 0.5) is 24.5 Å². The Morgan fingerprint density at radius 3 is 2.53 bits per heavy atom. The highest BCUT2D eigenvalue weighted by Gasteiger charge is 2.27. The number of nitrogens with two attached hydrogens (primary N) is 1. The first-order valence-electron chi connectivity index (χ1n) is 4.28. The SMILES string of the molecule is Nc1ccccc1NCCSC(F)(F)F. The summed E-state index contributed by atoms with van der Waals surface area (Å²) in [5.41, 5.74) is 2.64. The molecule has 0 spiro atoms. The molecule has 0 saturated carbocycles. The Kier molecular flexibility index (Phi) is 4.14. The molecule has 0 aliphatic rings. The highest BCUT2D eigenvalue weighted by Crippen LogP contribution is 2.29. The topological polar surface area (TPSA) is 38.0 Å². The van der Waals surface area contributed by atoms with Crippen LogP contribution in [0.5, 0.6) is 0 Å². The van der Waals surface area contributed by atoms with E-state index >= 15 is 0 Å². The number of anilines is 2. The number of halogens is 3. The van der Waals surface area contributed by atoms with Crippen molar-refractivity contribution >= 4 is 23.1 Å². The van der Waals surface area contributed by atoms with Crippen molar-refractivity contribution in [3.63, 3.8) is 0 Å². The lowest BCUT2D eigenvalue weighted by Gasteiger charge is -2.09. The van der Waals surface area contributed by atoms with Gasteiger partial charge in [-0.15, -0.1) is 0 Å². The smallest absolute Gasteiger partial charge is 0.397 e. The molecule has 84 valence electrons. The van der Waals surface area contributed by atoms with Crippen molar-refractivity contribution in [1.29, 1.82) is 0 Å². The van der Waals surface area contributed by atoms with Gasteiger partial charge in [-0.3, -0.25) is 0 Å². The number of hydrogen-bond acceptors (Lipinski definition) is 3. The summed E-state index contributed by atoms with van der Waals surface area (Å²) in [6.45, 7) is 0.235. The summed E-state index contributed by atoms with van der Waals surface area (Å²) in [7, 11) is 0. The molecule has 0 amide bonds. The second kappa shape index (κ2) is 5.16. The Hall–Kier alpha value is -1.04. The van der Waals surface area contributed by atoms with Crippen molar-refractivity contribution in [3.8, 4) is 0 Å². The molecule has 1 aromatic carbocycles. The number of alkyl halides is 3. The average molecular weight is 236 g/mol. The Bertz CT molecular complexity index is 314. The van der Waals surface area contributed by atoms with E-state index in [-0.39, 0.29) is 24.1 Å². The van der Waals surface area contributed by atoms with Gasteiger partial charge in [0.15, 0.2) is 0 Å². The van der Waals surface area contributed by atoms with Crippen molar-refractivity contribution in [2.45, 2.75) is 5.51 Å². The molecule has 0 aliphatic carbocycles. The first-order chi connectivity index (χ1) is 6.99. The molecular weight excluding hydrogens is 225 g/mol. The van der Waals surface area contributed by atoms with Crippen LogP contribution in [0, 0.1) is 0 Å². The van der Waals surface area contributed by atoms with Crippen LogP contribution < -0.4 is 11.1 Å². The summed E-state index contributed by atoms with van der Waals surface area (Å²) in [6.07, 6.45) is 0. The number of nitrogen functional groups attached to an aromatic ring is 1. The summed E-state index contributed by atoms with van der Waals surface area (Å²) in [6, 6.07) is 6.97. The number of benzene rings is 1. The fourth-order valence-corrected chi connectivity index (χ4v) is 1.45. The van der Waals surface area contributed by atoms with Crippen LogP contribution in [0.3, 0.4) is 0 Å². The van der Waals surface area contributed by atoms with Crippen LogP contribution in [0.2, 0.25) is 0 Å². The Morgan fingerprint density at radius 1 is 1.27 bits per heavy atom. The fourth-order valence-electron chi connectivity index (χ4n) is 1.01. The maximum atomic E-state index is 11.8. The van der Waals surface area contributed by atoms with Gasteiger partial charge in [0, 0.05) is 12.3 Å². The summed E-state index contributed by atoms with van der Waals surface area (Å²) >= 11 is -0.0446. The molecule has 0 atom stereocenters. The quantitative estimate of drug-likeness (QED) is 0.623. The zero-order valence-electron chi connectivity index (χ0n) is 7.84. The molecule has 2 nitrogen and oxygen atoms in total. The molecule has 0 aromatic heterocycles. The van der Waals surface area contributed by atoms with Crippen molar-refractivity contribution in [3.05, 3.63) is 24.3 Å². The molecule has 0 aliphatic heterocycles. The third-order valence-electron chi connectivity index (χ3n) is 1.64. The van der Waals surface area contributed by atoms with Gasteiger partial charge in [0.1, 0.15) is 0 Å². The Morgan fingerprint density at radius 2 is 1.93 bits per heavy atom. The molecule has 1 rings (SSSR count).